The Bertz CT molecular complexity index is 358. The number of aryl methyl sites for hydroxylation is 2. The zero-order valence-electron chi connectivity index (χ0n) is 10.7. The summed E-state index contributed by atoms with van der Waals surface area (Å²) >= 11 is 1.93. The van der Waals surface area contributed by atoms with Crippen LogP contribution in [0, 0.1) is 6.92 Å². The molecule has 1 aromatic heterocycles. The van der Waals surface area contributed by atoms with Gasteiger partial charge in [0.1, 0.15) is 0 Å². The second-order valence-electron chi connectivity index (χ2n) is 4.77. The van der Waals surface area contributed by atoms with Crippen molar-refractivity contribution >= 4 is 11.8 Å². The van der Waals surface area contributed by atoms with E-state index in [-0.39, 0.29) is 6.10 Å². The van der Waals surface area contributed by atoms with Crippen LogP contribution in [0.3, 0.4) is 0 Å². The number of hydrogen-bond donors (Lipinski definition) is 1. The quantitative estimate of drug-likeness (QED) is 0.896. The molecule has 1 aliphatic heterocycles. The molecule has 2 atom stereocenters. The largest absolute Gasteiger partial charge is 0.392 e. The number of thioether (sulfide) groups is 1. The average Bonchev–Trinajstić information content (AvgIpc) is 2.70. The van der Waals surface area contributed by atoms with Gasteiger partial charge in [0.25, 0.3) is 0 Å². The van der Waals surface area contributed by atoms with Crippen molar-refractivity contribution in [1.29, 1.82) is 0 Å². The molecule has 4 heteroatoms. The molecule has 1 saturated heterocycles. The molecule has 1 aliphatic rings. The van der Waals surface area contributed by atoms with Crippen molar-refractivity contribution in [3.05, 3.63) is 17.5 Å². The molecule has 0 amide bonds. The van der Waals surface area contributed by atoms with Crippen LogP contribution in [0.2, 0.25) is 0 Å². The van der Waals surface area contributed by atoms with Gasteiger partial charge in [-0.1, -0.05) is 6.42 Å². The molecule has 2 rings (SSSR count). The van der Waals surface area contributed by atoms with Crippen LogP contribution in [-0.4, -0.2) is 32.0 Å². The van der Waals surface area contributed by atoms with E-state index in [4.69, 9.17) is 0 Å². The van der Waals surface area contributed by atoms with Crippen LogP contribution in [0.4, 0.5) is 0 Å². The molecule has 0 radical (unpaired) electrons. The Kier molecular flexibility index (Phi) is 4.51. The first-order chi connectivity index (χ1) is 8.20. The van der Waals surface area contributed by atoms with Crippen LogP contribution in [0.5, 0.6) is 0 Å². The lowest BCUT2D eigenvalue weighted by Crippen LogP contribution is -2.28. The van der Waals surface area contributed by atoms with Gasteiger partial charge < -0.3 is 5.11 Å². The summed E-state index contributed by atoms with van der Waals surface area (Å²) in [6.45, 7) is 4.99. The first kappa shape index (κ1) is 13.0. The predicted molar refractivity (Wildman–Crippen MR) is 72.4 cm³/mol. The molecule has 2 unspecified atom stereocenters. The fourth-order valence-corrected chi connectivity index (χ4v) is 3.78. The Morgan fingerprint density at radius 3 is 3.06 bits per heavy atom. The van der Waals surface area contributed by atoms with Crippen molar-refractivity contribution in [3.63, 3.8) is 0 Å². The lowest BCUT2D eigenvalue weighted by Gasteiger charge is -2.26. The molecule has 0 saturated carbocycles. The minimum atomic E-state index is -0.221. The van der Waals surface area contributed by atoms with Crippen molar-refractivity contribution < 1.29 is 5.11 Å². The van der Waals surface area contributed by atoms with Crippen LogP contribution < -0.4 is 0 Å². The molecule has 3 nitrogen and oxygen atoms in total. The number of aromatic nitrogens is 2. The van der Waals surface area contributed by atoms with E-state index in [0.29, 0.717) is 5.25 Å². The maximum Gasteiger partial charge on any atom is 0.0713 e. The highest BCUT2D eigenvalue weighted by Crippen LogP contribution is 2.28. The fraction of sp³-hybridized carbons (Fsp3) is 0.769. The predicted octanol–water partition coefficient (Wildman–Crippen LogP) is 2.40. The smallest absolute Gasteiger partial charge is 0.0713 e. The van der Waals surface area contributed by atoms with Gasteiger partial charge in [0, 0.05) is 23.9 Å². The molecule has 0 spiro atoms. The Hall–Kier alpha value is -0.480. The summed E-state index contributed by atoms with van der Waals surface area (Å²) in [5, 5.41) is 15.1. The average molecular weight is 254 g/mol. The summed E-state index contributed by atoms with van der Waals surface area (Å²) in [6, 6.07) is 2.10. The van der Waals surface area contributed by atoms with E-state index in [0.717, 1.165) is 25.1 Å². The SMILES string of the molecule is CCn1nc(C)cc1CC(O)C1CCCCS1. The summed E-state index contributed by atoms with van der Waals surface area (Å²) in [7, 11) is 0. The number of rotatable bonds is 4. The Labute approximate surface area is 108 Å². The van der Waals surface area contributed by atoms with Crippen LogP contribution in [0.25, 0.3) is 0 Å². The number of hydrogen-bond acceptors (Lipinski definition) is 3. The number of nitrogens with zero attached hydrogens (tertiary/aromatic N) is 2. The van der Waals surface area contributed by atoms with Crippen LogP contribution in [0.1, 0.15) is 37.6 Å². The molecule has 2 heterocycles. The van der Waals surface area contributed by atoms with Crippen LogP contribution >= 0.6 is 11.8 Å². The van der Waals surface area contributed by atoms with Gasteiger partial charge in [-0.15, -0.1) is 0 Å². The summed E-state index contributed by atoms with van der Waals surface area (Å²) in [5.74, 6) is 1.20. The van der Waals surface area contributed by atoms with Gasteiger partial charge >= 0.3 is 0 Å². The van der Waals surface area contributed by atoms with E-state index in [1.54, 1.807) is 0 Å². The van der Waals surface area contributed by atoms with Gasteiger partial charge in [-0.05, 0) is 38.5 Å². The molecule has 17 heavy (non-hydrogen) atoms. The fourth-order valence-electron chi connectivity index (χ4n) is 2.45. The lowest BCUT2D eigenvalue weighted by molar-refractivity contribution is 0.163. The maximum atomic E-state index is 10.3. The minimum Gasteiger partial charge on any atom is -0.392 e. The van der Waals surface area contributed by atoms with Crippen molar-refractivity contribution in [2.45, 2.75) is 57.4 Å². The summed E-state index contributed by atoms with van der Waals surface area (Å²) in [6.07, 6.45) is 4.25. The Balaban J connectivity index is 1.98. The van der Waals surface area contributed by atoms with E-state index in [1.807, 2.05) is 23.4 Å². The van der Waals surface area contributed by atoms with Gasteiger partial charge in [-0.3, -0.25) is 4.68 Å². The molecule has 1 fully saturated rings. The Morgan fingerprint density at radius 2 is 2.41 bits per heavy atom. The van der Waals surface area contributed by atoms with Gasteiger partial charge in [-0.25, -0.2) is 0 Å². The lowest BCUT2D eigenvalue weighted by atomic mass is 10.1. The van der Waals surface area contributed by atoms with E-state index in [1.165, 1.54) is 24.3 Å². The second-order valence-corrected chi connectivity index (χ2v) is 6.12. The third-order valence-electron chi connectivity index (χ3n) is 3.35. The highest BCUT2D eigenvalue weighted by atomic mass is 32.2. The van der Waals surface area contributed by atoms with Crippen molar-refractivity contribution in [2.24, 2.45) is 0 Å². The van der Waals surface area contributed by atoms with Gasteiger partial charge in [0.15, 0.2) is 0 Å². The first-order valence-electron chi connectivity index (χ1n) is 6.53. The normalized spacial score (nSPS) is 22.6. The molecule has 96 valence electrons. The van der Waals surface area contributed by atoms with Crippen LogP contribution in [0.15, 0.2) is 6.07 Å². The third-order valence-corrected chi connectivity index (χ3v) is 4.85. The van der Waals surface area contributed by atoms with Gasteiger partial charge in [0.05, 0.1) is 11.8 Å². The molecule has 0 aromatic carbocycles. The van der Waals surface area contributed by atoms with Crippen molar-refractivity contribution in [1.82, 2.24) is 9.78 Å². The number of aliphatic hydroxyl groups is 1. The zero-order valence-corrected chi connectivity index (χ0v) is 11.5. The summed E-state index contributed by atoms with van der Waals surface area (Å²) in [5.41, 5.74) is 2.22. The van der Waals surface area contributed by atoms with E-state index in [2.05, 4.69) is 18.1 Å². The highest BCUT2D eigenvalue weighted by molar-refractivity contribution is 8.00. The minimum absolute atomic E-state index is 0.221. The number of aliphatic hydroxyl groups excluding tert-OH is 1. The standard InChI is InChI=1S/C13H22N2OS/c1-3-15-11(8-10(2)14-15)9-12(16)13-6-4-5-7-17-13/h8,12-13,16H,3-7,9H2,1-2H3. The molecular weight excluding hydrogens is 232 g/mol. The van der Waals surface area contributed by atoms with E-state index in [9.17, 15) is 5.11 Å². The van der Waals surface area contributed by atoms with Crippen molar-refractivity contribution in [3.8, 4) is 0 Å². The Morgan fingerprint density at radius 1 is 1.59 bits per heavy atom. The summed E-state index contributed by atoms with van der Waals surface area (Å²) < 4.78 is 2.01. The molecule has 0 aliphatic carbocycles. The molecule has 1 N–H and O–H groups in total. The van der Waals surface area contributed by atoms with Crippen LogP contribution in [-0.2, 0) is 13.0 Å². The third kappa shape index (κ3) is 3.26. The molecular formula is C13H22N2OS. The van der Waals surface area contributed by atoms with E-state index >= 15 is 0 Å². The summed E-state index contributed by atoms with van der Waals surface area (Å²) in [4.78, 5) is 0. The monoisotopic (exact) mass is 254 g/mol. The van der Waals surface area contributed by atoms with Crippen molar-refractivity contribution in [2.75, 3.05) is 5.75 Å². The second kappa shape index (κ2) is 5.91. The maximum absolute atomic E-state index is 10.3. The first-order valence-corrected chi connectivity index (χ1v) is 7.58. The van der Waals surface area contributed by atoms with Gasteiger partial charge in [0.2, 0.25) is 0 Å². The zero-order chi connectivity index (χ0) is 12.3. The van der Waals surface area contributed by atoms with Gasteiger partial charge in [-0.2, -0.15) is 16.9 Å². The highest BCUT2D eigenvalue weighted by Gasteiger charge is 2.23. The topological polar surface area (TPSA) is 38.0 Å². The molecule has 0 bridgehead atoms. The van der Waals surface area contributed by atoms with E-state index < -0.39 is 0 Å². The molecule has 1 aromatic rings.